The molecular formula is C56H84N8O8Ru. The molecule has 0 aromatic carbocycles. The van der Waals surface area contributed by atoms with Crippen molar-refractivity contribution in [1.82, 2.24) is 19.6 Å². The largest absolute Gasteiger partial charge is 4.00 e. The van der Waals surface area contributed by atoms with Gasteiger partial charge < -0.3 is 59.2 Å². The molecule has 0 radical (unpaired) electrons. The van der Waals surface area contributed by atoms with Gasteiger partial charge >= 0.3 is 19.5 Å². The van der Waals surface area contributed by atoms with Crippen LogP contribution in [0.4, 0.5) is 0 Å². The molecule has 0 saturated heterocycles. The van der Waals surface area contributed by atoms with Crippen LogP contribution in [0.5, 0.6) is 0 Å². The third kappa shape index (κ3) is 21.0. The molecule has 0 spiro atoms. The number of carbonyl (C=O) groups is 4. The van der Waals surface area contributed by atoms with E-state index in [-0.39, 0.29) is 91.2 Å². The monoisotopic (exact) mass is 1100 g/mol. The minimum Gasteiger partial charge on any atom is -0.542 e. The number of allylic oxidation sites excluding steroid dienone is 12. The van der Waals surface area contributed by atoms with Crippen molar-refractivity contribution in [3.05, 3.63) is 93.7 Å². The van der Waals surface area contributed by atoms with Gasteiger partial charge in [0.2, 0.25) is 0 Å². The van der Waals surface area contributed by atoms with Crippen molar-refractivity contribution in [2.45, 2.75) is 212 Å². The van der Waals surface area contributed by atoms with Gasteiger partial charge in [-0.25, -0.2) is 0 Å². The van der Waals surface area contributed by atoms with Crippen molar-refractivity contribution in [3.8, 4) is 0 Å². The van der Waals surface area contributed by atoms with Gasteiger partial charge in [0.25, 0.3) is 0 Å². The van der Waals surface area contributed by atoms with E-state index in [9.17, 15) is 39.6 Å². The first kappa shape index (κ1) is 67.3. The Labute approximate surface area is 450 Å². The van der Waals surface area contributed by atoms with Gasteiger partial charge in [-0.2, -0.15) is 0 Å². The summed E-state index contributed by atoms with van der Waals surface area (Å²) in [6, 6.07) is -0.168. The van der Waals surface area contributed by atoms with E-state index >= 15 is 0 Å². The predicted molar refractivity (Wildman–Crippen MR) is 284 cm³/mol. The molecule has 0 N–H and O–H groups in total. The van der Waals surface area contributed by atoms with Gasteiger partial charge in [-0.05, 0) is 161 Å². The van der Waals surface area contributed by atoms with E-state index in [0.29, 0.717) is 0 Å². The van der Waals surface area contributed by atoms with Crippen molar-refractivity contribution < 1.29 is 59.1 Å². The average Bonchev–Trinajstić information content (AvgIpc) is 4.07. The number of carbonyl (C=O) groups excluding carboxylic acids is 4. The molecular weight excluding hydrogens is 1010 g/mol. The van der Waals surface area contributed by atoms with E-state index in [1.54, 1.807) is 19.6 Å². The molecule has 0 heterocycles. The first-order chi connectivity index (χ1) is 33.4. The summed E-state index contributed by atoms with van der Waals surface area (Å²) in [5.41, 5.74) is 8.31. The van der Waals surface area contributed by atoms with Gasteiger partial charge in [0.1, 0.15) is 23.9 Å². The molecule has 17 heteroatoms. The summed E-state index contributed by atoms with van der Waals surface area (Å²) in [4.78, 5) is 69.1. The maximum atomic E-state index is 11.3. The maximum absolute atomic E-state index is 11.3. The second-order valence-corrected chi connectivity index (χ2v) is 20.1. The summed E-state index contributed by atoms with van der Waals surface area (Å²) < 4.78 is 0. The Balaban J connectivity index is 0.000000943. The molecule has 4 rings (SSSR count). The minimum absolute atomic E-state index is 0. The number of aliphatic imine (C=N–C) groups is 4. The fraction of sp³-hybridized carbons (Fsp3) is 0.571. The maximum Gasteiger partial charge on any atom is 4.00 e. The Hall–Kier alpha value is -5.70. The van der Waals surface area contributed by atoms with Crippen LogP contribution >= 0.6 is 0 Å². The summed E-state index contributed by atoms with van der Waals surface area (Å²) in [7, 11) is 0. The smallest absolute Gasteiger partial charge is 0.542 e. The van der Waals surface area contributed by atoms with Crippen LogP contribution in [0.25, 0.3) is 0 Å². The van der Waals surface area contributed by atoms with Crippen molar-refractivity contribution in [2.75, 3.05) is 0 Å². The third-order valence-corrected chi connectivity index (χ3v) is 10.9. The first-order valence-electron chi connectivity index (χ1n) is 25.2. The molecule has 73 heavy (non-hydrogen) atoms. The molecule has 0 saturated carbocycles. The van der Waals surface area contributed by atoms with Gasteiger partial charge in [0.05, 0.1) is 0 Å². The van der Waals surface area contributed by atoms with Crippen molar-refractivity contribution in [3.63, 3.8) is 0 Å². The Morgan fingerprint density at radius 3 is 0.589 bits per heavy atom. The van der Waals surface area contributed by atoms with Gasteiger partial charge in [0, 0.05) is 96.8 Å². The fourth-order valence-electron chi connectivity index (χ4n) is 8.14. The summed E-state index contributed by atoms with van der Waals surface area (Å²) in [6.45, 7) is 38.4. The van der Waals surface area contributed by atoms with E-state index in [2.05, 4.69) is 20.0 Å². The number of carboxylic acid groups (broad SMARTS) is 4. The van der Waals surface area contributed by atoms with E-state index in [1.165, 1.54) is 0 Å². The van der Waals surface area contributed by atoms with E-state index in [0.717, 1.165) is 70.8 Å². The standard InChI is InChI=1S/4C14H22N2O2.Ru/c4*1-9(2)15-13(14(17)18)16(10(3)4)12-8-6-7-11(12)5;/h4*6-7,9-10H,8H2,1-5H3,(H,17,18);/q;;;;+4/p-4. The van der Waals surface area contributed by atoms with E-state index in [4.69, 9.17) is 0 Å². The van der Waals surface area contributed by atoms with Crippen LogP contribution in [0, 0.1) is 0 Å². The molecule has 404 valence electrons. The topological polar surface area (TPSA) is 223 Å². The van der Waals surface area contributed by atoms with Crippen LogP contribution in [0.1, 0.15) is 164 Å². The number of aliphatic carboxylic acids is 4. The van der Waals surface area contributed by atoms with Crippen LogP contribution in [-0.2, 0) is 38.7 Å². The molecule has 4 aliphatic carbocycles. The quantitative estimate of drug-likeness (QED) is 0.126. The summed E-state index contributed by atoms with van der Waals surface area (Å²) in [5.74, 6) is -4.77. The van der Waals surface area contributed by atoms with Gasteiger partial charge in [-0.1, -0.05) is 48.6 Å². The number of rotatable bonds is 12. The molecule has 0 aromatic rings. The van der Waals surface area contributed by atoms with Crippen molar-refractivity contribution in [1.29, 1.82) is 0 Å². The van der Waals surface area contributed by atoms with Gasteiger partial charge in [-0.15, -0.1) is 0 Å². The Morgan fingerprint density at radius 1 is 0.356 bits per heavy atom. The second-order valence-electron chi connectivity index (χ2n) is 20.1. The number of amidine groups is 4. The molecule has 4 aliphatic rings. The minimum atomic E-state index is -1.22. The number of hydrogen-bond donors (Lipinski definition) is 0. The SMILES string of the molecule is CC1=C(N(C(=NC(C)C)C(=O)[O-])C(C)C)CC=C1.CC1=C(N(C(=NC(C)C)C(=O)[O-])C(C)C)CC=C1.CC1=C(N(C(=NC(C)C)C(=O)[O-])C(C)C)CC=C1.CC1=C(N(C(=NC(C)C)C(=O)[O-])C(C)C)CC=C1.[Ru+4]. The Morgan fingerprint density at radius 2 is 0.507 bits per heavy atom. The van der Waals surface area contributed by atoms with Crippen molar-refractivity contribution >= 4 is 47.2 Å². The summed E-state index contributed by atoms with van der Waals surface area (Å²) in [5, 5.41) is 45.3. The fourth-order valence-corrected chi connectivity index (χ4v) is 8.14. The van der Waals surface area contributed by atoms with Gasteiger partial charge in [-0.3, -0.25) is 20.0 Å². The Kier molecular flexibility index (Phi) is 29.3. The zero-order valence-electron chi connectivity index (χ0n) is 47.3. The zero-order chi connectivity index (χ0) is 55.5. The first-order valence-corrected chi connectivity index (χ1v) is 25.2. The van der Waals surface area contributed by atoms with Gasteiger partial charge in [0.15, 0.2) is 23.3 Å². The summed E-state index contributed by atoms with van der Waals surface area (Å²) >= 11 is 0. The van der Waals surface area contributed by atoms with E-state index in [1.807, 2.05) is 187 Å². The van der Waals surface area contributed by atoms with Crippen LogP contribution in [0.2, 0.25) is 0 Å². The third-order valence-electron chi connectivity index (χ3n) is 10.9. The number of nitrogens with zero attached hydrogens (tertiary/aromatic N) is 8. The molecule has 16 nitrogen and oxygen atoms in total. The molecule has 0 amide bonds. The van der Waals surface area contributed by atoms with E-state index < -0.39 is 23.9 Å². The van der Waals surface area contributed by atoms with Crippen LogP contribution in [0.3, 0.4) is 0 Å². The molecule has 0 aromatic heterocycles. The molecule has 0 bridgehead atoms. The Bertz CT molecular complexity index is 2000. The second kappa shape index (κ2) is 31.8. The number of hydrogen-bond acceptors (Lipinski definition) is 12. The summed E-state index contributed by atoms with van der Waals surface area (Å²) in [6.07, 6.45) is 19.1. The molecule has 0 aliphatic heterocycles. The molecule has 0 atom stereocenters. The normalized spacial score (nSPS) is 15.8. The van der Waals surface area contributed by atoms with Crippen LogP contribution < -0.4 is 20.4 Å². The molecule has 0 fully saturated rings. The van der Waals surface area contributed by atoms with Crippen LogP contribution in [-0.4, -0.2) is 115 Å². The average molecular weight is 1100 g/mol. The number of carboxylic acids is 4. The zero-order valence-corrected chi connectivity index (χ0v) is 49.0. The molecule has 0 unspecified atom stereocenters. The van der Waals surface area contributed by atoms with Crippen LogP contribution in [0.15, 0.2) is 114 Å². The predicted octanol–water partition coefficient (Wildman–Crippen LogP) is 5.95. The van der Waals surface area contributed by atoms with Crippen molar-refractivity contribution in [2.24, 2.45) is 20.0 Å².